The Morgan fingerprint density at radius 1 is 1.00 bits per heavy atom. The van der Waals surface area contributed by atoms with Gasteiger partial charge in [0, 0.05) is 5.56 Å². The van der Waals surface area contributed by atoms with Crippen molar-refractivity contribution < 1.29 is 25.0 Å². The van der Waals surface area contributed by atoms with Gasteiger partial charge in [0.25, 0.3) is 0 Å². The molecular formula is C17H20NO4+. The number of aromatic hydroxyl groups is 2. The van der Waals surface area contributed by atoms with Crippen LogP contribution in [0.1, 0.15) is 22.6 Å². The van der Waals surface area contributed by atoms with Gasteiger partial charge in [-0.25, -0.2) is 0 Å². The monoisotopic (exact) mass is 302 g/mol. The standard InChI is InChI=1S/C17H19NO4/c1-21-16-6-10(3-4-14(16)19)13-9-18-8-11-5-15(20)17(22-2)7-12(11)13/h3-7,13,18-20H,8-9H2,1-2H3/p+1/t13-/m1/s1. The molecule has 1 heterocycles. The van der Waals surface area contributed by atoms with Crippen molar-refractivity contribution in [1.82, 2.24) is 0 Å². The van der Waals surface area contributed by atoms with Crippen molar-refractivity contribution in [3.8, 4) is 23.0 Å². The summed E-state index contributed by atoms with van der Waals surface area (Å²) >= 11 is 0. The fourth-order valence-corrected chi connectivity index (χ4v) is 3.05. The number of phenols is 2. The van der Waals surface area contributed by atoms with E-state index in [1.807, 2.05) is 18.2 Å². The molecule has 5 heteroatoms. The van der Waals surface area contributed by atoms with Crippen molar-refractivity contribution in [3.63, 3.8) is 0 Å². The van der Waals surface area contributed by atoms with Gasteiger partial charge in [0.15, 0.2) is 23.0 Å². The Morgan fingerprint density at radius 3 is 2.45 bits per heavy atom. The molecule has 2 aromatic carbocycles. The Morgan fingerprint density at radius 2 is 1.73 bits per heavy atom. The molecule has 0 aliphatic carbocycles. The molecule has 1 atom stereocenters. The number of benzene rings is 2. The summed E-state index contributed by atoms with van der Waals surface area (Å²) in [6, 6.07) is 9.10. The van der Waals surface area contributed by atoms with Gasteiger partial charge in [-0.1, -0.05) is 6.07 Å². The summed E-state index contributed by atoms with van der Waals surface area (Å²) in [5, 5.41) is 21.9. The predicted octanol–water partition coefficient (Wildman–Crippen LogP) is 1.32. The third-order valence-electron chi connectivity index (χ3n) is 4.19. The third kappa shape index (κ3) is 2.44. The molecule has 1 aliphatic rings. The molecule has 0 saturated carbocycles. The minimum Gasteiger partial charge on any atom is -0.504 e. The number of fused-ring (bicyclic) bond motifs is 1. The lowest BCUT2D eigenvalue weighted by atomic mass is 9.85. The van der Waals surface area contributed by atoms with Crippen LogP contribution in [0.15, 0.2) is 30.3 Å². The highest BCUT2D eigenvalue weighted by Gasteiger charge is 2.27. The molecule has 1 aliphatic heterocycles. The maximum atomic E-state index is 9.95. The Kier molecular flexibility index (Phi) is 3.81. The van der Waals surface area contributed by atoms with E-state index in [0.717, 1.165) is 29.8 Å². The topological polar surface area (TPSA) is 75.5 Å². The van der Waals surface area contributed by atoms with E-state index >= 15 is 0 Å². The number of methoxy groups -OCH3 is 2. The summed E-state index contributed by atoms with van der Waals surface area (Å²) in [7, 11) is 3.09. The van der Waals surface area contributed by atoms with Crippen LogP contribution in [0.5, 0.6) is 23.0 Å². The maximum absolute atomic E-state index is 9.95. The number of phenolic OH excluding ortho intramolecular Hbond substituents is 2. The highest BCUT2D eigenvalue weighted by Crippen LogP contribution is 2.38. The Hall–Kier alpha value is -2.40. The van der Waals surface area contributed by atoms with Gasteiger partial charge < -0.3 is 25.0 Å². The van der Waals surface area contributed by atoms with Gasteiger partial charge in [-0.2, -0.15) is 0 Å². The number of quaternary nitrogens is 1. The van der Waals surface area contributed by atoms with E-state index in [9.17, 15) is 10.2 Å². The molecule has 3 rings (SSSR count). The van der Waals surface area contributed by atoms with Crippen molar-refractivity contribution >= 4 is 0 Å². The molecule has 0 aromatic heterocycles. The van der Waals surface area contributed by atoms with Crippen molar-refractivity contribution in [1.29, 1.82) is 0 Å². The lowest BCUT2D eigenvalue weighted by Crippen LogP contribution is -2.85. The van der Waals surface area contributed by atoms with Gasteiger partial charge in [0.1, 0.15) is 6.54 Å². The number of nitrogens with two attached hydrogens (primary N) is 1. The minimum absolute atomic E-state index is 0.134. The summed E-state index contributed by atoms with van der Waals surface area (Å²) < 4.78 is 10.4. The molecule has 2 aromatic rings. The lowest BCUT2D eigenvalue weighted by molar-refractivity contribution is -0.675. The first kappa shape index (κ1) is 14.5. The first-order chi connectivity index (χ1) is 10.6. The number of ether oxygens (including phenoxy) is 2. The predicted molar refractivity (Wildman–Crippen MR) is 81.7 cm³/mol. The summed E-state index contributed by atoms with van der Waals surface area (Å²) in [4.78, 5) is 0. The second-order valence-electron chi connectivity index (χ2n) is 5.44. The van der Waals surface area contributed by atoms with Crippen LogP contribution in [0.25, 0.3) is 0 Å². The Labute approximate surface area is 129 Å². The molecular weight excluding hydrogens is 282 g/mol. The van der Waals surface area contributed by atoms with E-state index in [2.05, 4.69) is 5.32 Å². The van der Waals surface area contributed by atoms with Gasteiger partial charge >= 0.3 is 0 Å². The van der Waals surface area contributed by atoms with E-state index in [0.29, 0.717) is 11.5 Å². The Bertz CT molecular complexity index is 699. The molecule has 0 fully saturated rings. The first-order valence-corrected chi connectivity index (χ1v) is 7.22. The van der Waals surface area contributed by atoms with Crippen molar-refractivity contribution in [3.05, 3.63) is 47.0 Å². The van der Waals surface area contributed by atoms with E-state index < -0.39 is 0 Å². The smallest absolute Gasteiger partial charge is 0.160 e. The number of hydrogen-bond donors (Lipinski definition) is 3. The lowest BCUT2D eigenvalue weighted by Gasteiger charge is -2.25. The summed E-state index contributed by atoms with van der Waals surface area (Å²) in [6.07, 6.45) is 0. The molecule has 116 valence electrons. The number of hydrogen-bond acceptors (Lipinski definition) is 4. The zero-order valence-electron chi connectivity index (χ0n) is 12.7. The van der Waals surface area contributed by atoms with Crippen molar-refractivity contribution in [2.45, 2.75) is 12.5 Å². The highest BCUT2D eigenvalue weighted by molar-refractivity contribution is 5.52. The minimum atomic E-state index is 0.134. The van der Waals surface area contributed by atoms with E-state index in [1.54, 1.807) is 26.4 Å². The van der Waals surface area contributed by atoms with E-state index in [-0.39, 0.29) is 17.4 Å². The molecule has 0 bridgehead atoms. The second kappa shape index (κ2) is 5.77. The average Bonchev–Trinajstić information content (AvgIpc) is 2.54. The quantitative estimate of drug-likeness (QED) is 0.799. The first-order valence-electron chi connectivity index (χ1n) is 7.22. The van der Waals surface area contributed by atoms with Crippen LogP contribution in [-0.2, 0) is 6.54 Å². The molecule has 0 saturated heterocycles. The zero-order valence-corrected chi connectivity index (χ0v) is 12.7. The van der Waals surface area contributed by atoms with Crippen LogP contribution in [0, 0.1) is 0 Å². The van der Waals surface area contributed by atoms with Crippen LogP contribution in [0.2, 0.25) is 0 Å². The Balaban J connectivity index is 2.08. The van der Waals surface area contributed by atoms with Crippen LogP contribution in [-0.4, -0.2) is 31.0 Å². The second-order valence-corrected chi connectivity index (χ2v) is 5.44. The van der Waals surface area contributed by atoms with Crippen LogP contribution in [0.4, 0.5) is 0 Å². The van der Waals surface area contributed by atoms with Gasteiger partial charge in [0.2, 0.25) is 0 Å². The molecule has 0 unspecified atom stereocenters. The van der Waals surface area contributed by atoms with E-state index in [4.69, 9.17) is 9.47 Å². The van der Waals surface area contributed by atoms with Crippen LogP contribution < -0.4 is 14.8 Å². The maximum Gasteiger partial charge on any atom is 0.160 e. The molecule has 0 radical (unpaired) electrons. The largest absolute Gasteiger partial charge is 0.504 e. The number of rotatable bonds is 3. The molecule has 4 N–H and O–H groups in total. The van der Waals surface area contributed by atoms with Crippen LogP contribution in [0.3, 0.4) is 0 Å². The third-order valence-corrected chi connectivity index (χ3v) is 4.19. The van der Waals surface area contributed by atoms with Gasteiger partial charge in [-0.05, 0) is 35.4 Å². The summed E-state index contributed by atoms with van der Waals surface area (Å²) in [6.45, 7) is 1.73. The molecule has 0 amide bonds. The van der Waals surface area contributed by atoms with E-state index in [1.165, 1.54) is 0 Å². The summed E-state index contributed by atoms with van der Waals surface area (Å²) in [5.41, 5.74) is 3.31. The van der Waals surface area contributed by atoms with Gasteiger partial charge in [-0.15, -0.1) is 0 Å². The van der Waals surface area contributed by atoms with Crippen LogP contribution >= 0.6 is 0 Å². The summed E-state index contributed by atoms with van der Waals surface area (Å²) in [5.74, 6) is 1.41. The van der Waals surface area contributed by atoms with Gasteiger partial charge in [0.05, 0.1) is 26.7 Å². The van der Waals surface area contributed by atoms with Crippen molar-refractivity contribution in [2.24, 2.45) is 0 Å². The molecule has 5 nitrogen and oxygen atoms in total. The van der Waals surface area contributed by atoms with Crippen molar-refractivity contribution in [2.75, 3.05) is 20.8 Å². The zero-order chi connectivity index (χ0) is 15.7. The normalized spacial score (nSPS) is 16.9. The molecule has 22 heavy (non-hydrogen) atoms. The fraction of sp³-hybridized carbons (Fsp3) is 0.294. The fourth-order valence-electron chi connectivity index (χ4n) is 3.05. The molecule has 0 spiro atoms. The van der Waals surface area contributed by atoms with Gasteiger partial charge in [-0.3, -0.25) is 0 Å². The highest BCUT2D eigenvalue weighted by atomic mass is 16.5. The SMILES string of the molecule is COc1cc([C@H]2C[NH2+]Cc3cc(O)c(OC)cc32)ccc1O. The average molecular weight is 302 g/mol.